The van der Waals surface area contributed by atoms with Gasteiger partial charge in [0.25, 0.3) is 0 Å². The van der Waals surface area contributed by atoms with Gasteiger partial charge in [0.15, 0.2) is 0 Å². The van der Waals surface area contributed by atoms with Crippen molar-refractivity contribution in [3.63, 3.8) is 0 Å². The SMILES string of the molecule is CC(C)[C@H](NC(=O)[C@H](Cc1ccccc1)C[C@H](O)C(Cc1ccccc1)NC(=O)OC(C)(C)C)C(=O)N[C@@H](Cc1ccccc1)C(=O)N1CCOCC1. The molecule has 286 valence electrons. The number of nitrogens with zero attached hydrogens (tertiary/aromatic N) is 1. The molecule has 4 rings (SSSR count). The second-order valence-electron chi connectivity index (χ2n) is 15.1. The predicted octanol–water partition coefficient (Wildman–Crippen LogP) is 4.46. The zero-order chi connectivity index (χ0) is 38.4. The molecule has 1 unspecified atom stereocenters. The zero-order valence-electron chi connectivity index (χ0n) is 31.6. The fourth-order valence-electron chi connectivity index (χ4n) is 6.37. The Balaban J connectivity index is 1.55. The van der Waals surface area contributed by atoms with Gasteiger partial charge in [-0.3, -0.25) is 14.4 Å². The lowest BCUT2D eigenvalue weighted by Crippen LogP contribution is -2.58. The monoisotopic (exact) mass is 728 g/mol. The largest absolute Gasteiger partial charge is 0.444 e. The highest BCUT2D eigenvalue weighted by atomic mass is 16.6. The van der Waals surface area contributed by atoms with E-state index in [1.54, 1.807) is 25.7 Å². The summed E-state index contributed by atoms with van der Waals surface area (Å²) < 4.78 is 11.0. The molecule has 11 heteroatoms. The highest BCUT2D eigenvalue weighted by Crippen LogP contribution is 2.21. The van der Waals surface area contributed by atoms with Crippen LogP contribution in [0.25, 0.3) is 0 Å². The van der Waals surface area contributed by atoms with Crippen molar-refractivity contribution in [3.8, 4) is 0 Å². The predicted molar refractivity (Wildman–Crippen MR) is 204 cm³/mol. The summed E-state index contributed by atoms with van der Waals surface area (Å²) in [5.74, 6) is -2.18. The van der Waals surface area contributed by atoms with Crippen molar-refractivity contribution in [1.29, 1.82) is 0 Å². The molecule has 0 aliphatic carbocycles. The summed E-state index contributed by atoms with van der Waals surface area (Å²) in [6.45, 7) is 10.7. The smallest absolute Gasteiger partial charge is 0.407 e. The normalized spacial score (nSPS) is 16.1. The number of rotatable bonds is 16. The number of alkyl carbamates (subject to hydrolysis) is 1. The lowest BCUT2D eigenvalue weighted by Gasteiger charge is -2.32. The molecule has 4 amide bonds. The van der Waals surface area contributed by atoms with E-state index in [1.165, 1.54) is 0 Å². The highest BCUT2D eigenvalue weighted by Gasteiger charge is 2.35. The van der Waals surface area contributed by atoms with Gasteiger partial charge in [-0.2, -0.15) is 0 Å². The average molecular weight is 729 g/mol. The van der Waals surface area contributed by atoms with Gasteiger partial charge in [-0.05, 0) is 62.6 Å². The number of aliphatic hydroxyl groups excluding tert-OH is 1. The number of carbonyl (C=O) groups excluding carboxylic acids is 4. The first-order valence-corrected chi connectivity index (χ1v) is 18.6. The first-order valence-electron chi connectivity index (χ1n) is 18.6. The molecule has 0 spiro atoms. The van der Waals surface area contributed by atoms with E-state index in [0.29, 0.717) is 32.7 Å². The lowest BCUT2D eigenvalue weighted by molar-refractivity contribution is -0.141. The van der Waals surface area contributed by atoms with Crippen molar-refractivity contribution in [2.24, 2.45) is 11.8 Å². The quantitative estimate of drug-likeness (QED) is 0.171. The molecule has 1 saturated heterocycles. The second kappa shape index (κ2) is 19.9. The van der Waals surface area contributed by atoms with Crippen LogP contribution >= 0.6 is 0 Å². The van der Waals surface area contributed by atoms with E-state index in [2.05, 4.69) is 16.0 Å². The minimum atomic E-state index is -1.14. The molecular weight excluding hydrogens is 672 g/mol. The second-order valence-corrected chi connectivity index (χ2v) is 15.1. The Morgan fingerprint density at radius 2 is 1.25 bits per heavy atom. The minimum absolute atomic E-state index is 0.00733. The van der Waals surface area contributed by atoms with Crippen molar-refractivity contribution in [2.75, 3.05) is 26.3 Å². The molecule has 0 aromatic heterocycles. The Labute approximate surface area is 313 Å². The van der Waals surface area contributed by atoms with Gasteiger partial charge in [-0.15, -0.1) is 0 Å². The van der Waals surface area contributed by atoms with E-state index in [4.69, 9.17) is 9.47 Å². The fourth-order valence-corrected chi connectivity index (χ4v) is 6.37. The molecule has 0 saturated carbocycles. The van der Waals surface area contributed by atoms with Crippen LogP contribution in [0.4, 0.5) is 4.79 Å². The molecule has 11 nitrogen and oxygen atoms in total. The Hall–Kier alpha value is -4.74. The maximum atomic E-state index is 14.2. The number of nitrogens with one attached hydrogen (secondary N) is 3. The van der Waals surface area contributed by atoms with Crippen LogP contribution in [0, 0.1) is 11.8 Å². The van der Waals surface area contributed by atoms with Crippen molar-refractivity contribution < 1.29 is 33.8 Å². The van der Waals surface area contributed by atoms with E-state index in [1.807, 2.05) is 105 Å². The number of benzene rings is 3. The third kappa shape index (κ3) is 13.6. The fraction of sp³-hybridized carbons (Fsp3) is 0.476. The third-order valence-electron chi connectivity index (χ3n) is 9.15. The maximum Gasteiger partial charge on any atom is 0.407 e. The zero-order valence-corrected chi connectivity index (χ0v) is 31.6. The van der Waals surface area contributed by atoms with Gasteiger partial charge in [0.2, 0.25) is 17.7 Å². The summed E-state index contributed by atoms with van der Waals surface area (Å²) in [6.07, 6.45) is -0.945. The van der Waals surface area contributed by atoms with E-state index in [-0.39, 0.29) is 31.1 Å². The lowest BCUT2D eigenvalue weighted by atomic mass is 9.88. The van der Waals surface area contributed by atoms with Crippen LogP contribution in [0.5, 0.6) is 0 Å². The first kappa shape index (κ1) is 41.0. The van der Waals surface area contributed by atoms with Gasteiger partial charge < -0.3 is 35.4 Å². The molecule has 1 aliphatic rings. The minimum Gasteiger partial charge on any atom is -0.444 e. The van der Waals surface area contributed by atoms with Crippen LogP contribution in [0.2, 0.25) is 0 Å². The Bertz CT molecular complexity index is 1590. The first-order chi connectivity index (χ1) is 25.3. The van der Waals surface area contributed by atoms with Crippen molar-refractivity contribution >= 4 is 23.8 Å². The number of morpholine rings is 1. The van der Waals surface area contributed by atoms with Crippen LogP contribution in [-0.4, -0.2) is 90.0 Å². The standard InChI is InChI=1S/C42H56N4O7/c1-29(2)37(39(49)43-35(27-32-19-13-8-14-20-32)40(50)46-21-23-52-24-22-46)45-38(48)33(25-30-15-9-6-10-16-30)28-36(47)34(26-31-17-11-7-12-18-31)44-41(51)53-42(3,4)5/h6-20,29,33-37,47H,21-28H2,1-5H3,(H,43,49)(H,44,51)(H,45,48)/t33-,34?,35+,36+,37+/m1/s1. The van der Waals surface area contributed by atoms with Gasteiger partial charge in [0, 0.05) is 25.4 Å². The topological polar surface area (TPSA) is 146 Å². The third-order valence-corrected chi connectivity index (χ3v) is 9.15. The number of amides is 4. The summed E-state index contributed by atoms with van der Waals surface area (Å²) in [5, 5.41) is 20.5. The number of carbonyl (C=O) groups is 4. The van der Waals surface area contributed by atoms with E-state index in [9.17, 15) is 24.3 Å². The van der Waals surface area contributed by atoms with Crippen molar-refractivity contribution in [1.82, 2.24) is 20.9 Å². The summed E-state index contributed by atoms with van der Waals surface area (Å²) in [4.78, 5) is 56.6. The van der Waals surface area contributed by atoms with Crippen molar-refractivity contribution in [2.45, 2.75) is 90.1 Å². The van der Waals surface area contributed by atoms with Crippen LogP contribution in [0.15, 0.2) is 91.0 Å². The van der Waals surface area contributed by atoms with E-state index >= 15 is 0 Å². The Kier molecular flexibility index (Phi) is 15.4. The molecule has 4 N–H and O–H groups in total. The molecule has 1 fully saturated rings. The molecular formula is C42H56N4O7. The number of ether oxygens (including phenoxy) is 2. The van der Waals surface area contributed by atoms with Gasteiger partial charge in [-0.25, -0.2) is 4.79 Å². The molecule has 3 aromatic rings. The van der Waals surface area contributed by atoms with Gasteiger partial charge in [-0.1, -0.05) is 105 Å². The van der Waals surface area contributed by atoms with Crippen LogP contribution in [0.3, 0.4) is 0 Å². The van der Waals surface area contributed by atoms with Crippen LogP contribution in [-0.2, 0) is 43.1 Å². The Morgan fingerprint density at radius 1 is 0.736 bits per heavy atom. The maximum absolute atomic E-state index is 14.2. The van der Waals surface area contributed by atoms with Crippen LogP contribution in [0.1, 0.15) is 57.7 Å². The molecule has 1 aliphatic heterocycles. The summed E-state index contributed by atoms with van der Waals surface area (Å²) in [5.41, 5.74) is 1.92. The van der Waals surface area contributed by atoms with E-state index < -0.39 is 53.7 Å². The van der Waals surface area contributed by atoms with E-state index in [0.717, 1.165) is 16.7 Å². The number of aliphatic hydroxyl groups is 1. The molecule has 5 atom stereocenters. The van der Waals surface area contributed by atoms with Gasteiger partial charge >= 0.3 is 6.09 Å². The van der Waals surface area contributed by atoms with Crippen LogP contribution < -0.4 is 16.0 Å². The number of hydrogen-bond acceptors (Lipinski definition) is 7. The molecule has 0 radical (unpaired) electrons. The average Bonchev–Trinajstić information content (AvgIpc) is 3.13. The molecule has 1 heterocycles. The summed E-state index contributed by atoms with van der Waals surface area (Å²) in [7, 11) is 0. The van der Waals surface area contributed by atoms with Gasteiger partial charge in [0.1, 0.15) is 17.7 Å². The number of hydrogen-bond donors (Lipinski definition) is 4. The molecule has 53 heavy (non-hydrogen) atoms. The molecule has 0 bridgehead atoms. The molecule has 3 aromatic carbocycles. The van der Waals surface area contributed by atoms with Crippen molar-refractivity contribution in [3.05, 3.63) is 108 Å². The summed E-state index contributed by atoms with van der Waals surface area (Å²) in [6, 6.07) is 25.8. The van der Waals surface area contributed by atoms with Gasteiger partial charge in [0.05, 0.1) is 25.4 Å². The summed E-state index contributed by atoms with van der Waals surface area (Å²) >= 11 is 0. The highest BCUT2D eigenvalue weighted by molar-refractivity contribution is 5.93. The Morgan fingerprint density at radius 3 is 1.75 bits per heavy atom.